The Morgan fingerprint density at radius 2 is 1.95 bits per heavy atom. The summed E-state index contributed by atoms with van der Waals surface area (Å²) in [5, 5.41) is 9.53. The minimum absolute atomic E-state index is 0. The zero-order valence-corrected chi connectivity index (χ0v) is 11.7. The summed E-state index contributed by atoms with van der Waals surface area (Å²) < 4.78 is 54.9. The second kappa shape index (κ2) is 8.01. The molecule has 0 spiro atoms. The van der Waals surface area contributed by atoms with E-state index in [-0.39, 0.29) is 26.9 Å². The molecule has 0 atom stereocenters. The van der Waals surface area contributed by atoms with Gasteiger partial charge in [0.15, 0.2) is 0 Å². The van der Waals surface area contributed by atoms with Crippen molar-refractivity contribution in [3.05, 3.63) is 41.2 Å². The largest absolute Gasteiger partial charge is 1.00 e. The van der Waals surface area contributed by atoms with Crippen molar-refractivity contribution >= 4 is 17.5 Å². The van der Waals surface area contributed by atoms with Crippen LogP contribution in [0.3, 0.4) is 0 Å². The molecule has 0 aliphatic rings. The van der Waals surface area contributed by atoms with Crippen molar-refractivity contribution in [3.8, 4) is 0 Å². The number of ether oxygens (including phenoxy) is 1. The average Bonchev–Trinajstić information content (AvgIpc) is 2.37. The average molecular weight is 314 g/mol. The molecule has 0 fully saturated rings. The quantitative estimate of drug-likeness (QED) is 0.212. The molecule has 1 N–H and O–H groups in total. The van der Waals surface area contributed by atoms with E-state index in [4.69, 9.17) is 0 Å². The molecule has 0 saturated heterocycles. The van der Waals surface area contributed by atoms with E-state index >= 15 is 0 Å². The first-order chi connectivity index (χ1) is 9.66. The fourth-order valence-corrected chi connectivity index (χ4v) is 1.37. The van der Waals surface area contributed by atoms with Crippen molar-refractivity contribution in [3.63, 3.8) is 0 Å². The van der Waals surface area contributed by atoms with E-state index in [0.717, 1.165) is 6.07 Å². The van der Waals surface area contributed by atoms with Crippen LogP contribution in [0.15, 0.2) is 24.3 Å². The molecule has 4 nitrogen and oxygen atoms in total. The van der Waals surface area contributed by atoms with E-state index in [1.165, 1.54) is 6.92 Å². The van der Waals surface area contributed by atoms with Gasteiger partial charge in [0.2, 0.25) is 0 Å². The number of alkyl halides is 3. The number of rotatable bonds is 4. The fourth-order valence-electron chi connectivity index (χ4n) is 1.37. The number of hydrogen-bond acceptors (Lipinski definition) is 4. The molecule has 22 heavy (non-hydrogen) atoms. The van der Waals surface area contributed by atoms with Crippen LogP contribution in [0.1, 0.15) is 19.5 Å². The van der Waals surface area contributed by atoms with Crippen LogP contribution in [-0.4, -0.2) is 23.5 Å². The van der Waals surface area contributed by atoms with E-state index in [9.17, 15) is 32.3 Å². The van der Waals surface area contributed by atoms with Gasteiger partial charge in [-0.3, -0.25) is 4.79 Å². The van der Waals surface area contributed by atoms with Crippen molar-refractivity contribution in [2.45, 2.75) is 13.1 Å². The Labute approximate surface area is 136 Å². The minimum Gasteiger partial charge on any atom is -1.00 e. The first-order valence-electron chi connectivity index (χ1n) is 5.65. The zero-order valence-electron chi connectivity index (χ0n) is 12.7. The number of benzene rings is 1. The van der Waals surface area contributed by atoms with Gasteiger partial charge in [-0.2, -0.15) is 13.2 Å². The van der Waals surface area contributed by atoms with Gasteiger partial charge < -0.3 is 11.3 Å². The first-order valence-corrected chi connectivity index (χ1v) is 5.65. The third-order valence-corrected chi connectivity index (χ3v) is 2.31. The zero-order chi connectivity index (χ0) is 16.2. The van der Waals surface area contributed by atoms with Crippen LogP contribution in [0.5, 0.6) is 0 Å². The Morgan fingerprint density at radius 1 is 1.36 bits per heavy atom. The van der Waals surface area contributed by atoms with Crippen molar-refractivity contribution < 1.29 is 57.3 Å². The van der Waals surface area contributed by atoms with Crippen molar-refractivity contribution in [1.82, 2.24) is 0 Å². The smallest absolute Gasteiger partial charge is 1.00 e. The van der Waals surface area contributed by atoms with E-state index in [1.54, 1.807) is 0 Å². The molecule has 0 bridgehead atoms. The molecule has 1 aromatic carbocycles. The molecule has 116 valence electrons. The Morgan fingerprint density at radius 3 is 2.45 bits per heavy atom. The summed E-state index contributed by atoms with van der Waals surface area (Å²) in [6.45, 7) is 1.37. The van der Waals surface area contributed by atoms with Crippen LogP contribution in [-0.2, 0) is 20.5 Å². The summed E-state index contributed by atoms with van der Waals surface area (Å²) in [6.07, 6.45) is -4.54. The molecule has 0 unspecified atom stereocenters. The van der Waals surface area contributed by atoms with E-state index in [0.29, 0.717) is 18.2 Å². The minimum atomic E-state index is -4.95. The Hall–Kier alpha value is -1.78. The van der Waals surface area contributed by atoms with Gasteiger partial charge in [0.25, 0.3) is 5.78 Å². The summed E-state index contributed by atoms with van der Waals surface area (Å²) in [7, 11) is 0. The molecular formula is C13H11F4LiO4. The van der Waals surface area contributed by atoms with Crippen molar-refractivity contribution in [2.24, 2.45) is 0 Å². The summed E-state index contributed by atoms with van der Waals surface area (Å²) in [5.41, 5.74) is -2.05. The van der Waals surface area contributed by atoms with Crippen molar-refractivity contribution in [2.75, 3.05) is 6.61 Å². The van der Waals surface area contributed by atoms with Crippen LogP contribution in [0.2, 0.25) is 0 Å². The molecule has 0 aromatic heterocycles. The number of halogens is 4. The Kier molecular flexibility index (Phi) is 7.36. The molecule has 1 aromatic rings. The summed E-state index contributed by atoms with van der Waals surface area (Å²) in [4.78, 5) is 22.3. The molecule has 9 heteroatoms. The number of ketones is 1. The van der Waals surface area contributed by atoms with Gasteiger partial charge in [0.05, 0.1) is 12.2 Å². The van der Waals surface area contributed by atoms with Gasteiger partial charge in [-0.05, 0) is 25.1 Å². The number of aliphatic hydroxyl groups excluding tert-OH is 1. The van der Waals surface area contributed by atoms with Gasteiger partial charge in [0, 0.05) is 11.6 Å². The molecule has 0 saturated carbocycles. The Bertz CT molecular complexity index is 602. The Balaban J connectivity index is 0. The second-order valence-electron chi connectivity index (χ2n) is 3.81. The monoisotopic (exact) mass is 314 g/mol. The van der Waals surface area contributed by atoms with Crippen LogP contribution < -0.4 is 18.9 Å². The fraction of sp³-hybridized carbons (Fsp3) is 0.231. The van der Waals surface area contributed by atoms with Gasteiger partial charge in [-0.25, -0.2) is 9.18 Å². The number of carbonyl (C=O) groups is 2. The third-order valence-electron chi connectivity index (χ3n) is 2.31. The predicted octanol–water partition coefficient (Wildman–Crippen LogP) is -0.00790. The number of aliphatic hydroxyl groups is 1. The summed E-state index contributed by atoms with van der Waals surface area (Å²) in [6, 6.07) is 1.67. The molecule has 0 amide bonds. The van der Waals surface area contributed by atoms with Gasteiger partial charge in [-0.1, -0.05) is 0 Å². The number of hydrogen-bond donors (Lipinski definition) is 1. The normalized spacial score (nSPS) is 11.6. The van der Waals surface area contributed by atoms with Crippen LogP contribution in [0, 0.1) is 5.82 Å². The van der Waals surface area contributed by atoms with Crippen LogP contribution in [0.4, 0.5) is 17.6 Å². The maximum absolute atomic E-state index is 13.1. The SMILES string of the molecule is CCOC(=O)C(=O)C=C(O)c1ccc(F)c(C(F)(F)F)c1.[H-].[Li+]. The second-order valence-corrected chi connectivity index (χ2v) is 3.81. The van der Waals surface area contributed by atoms with Crippen LogP contribution >= 0.6 is 0 Å². The van der Waals surface area contributed by atoms with Gasteiger partial charge >= 0.3 is 31.0 Å². The molecule has 0 aliphatic heterocycles. The van der Waals surface area contributed by atoms with Gasteiger partial charge in [0.1, 0.15) is 11.6 Å². The number of esters is 1. The molecule has 0 aliphatic carbocycles. The molecular weight excluding hydrogens is 303 g/mol. The molecule has 0 radical (unpaired) electrons. The molecule has 1 rings (SSSR count). The predicted molar refractivity (Wildman–Crippen MR) is 64.8 cm³/mol. The maximum Gasteiger partial charge on any atom is 1.00 e. The summed E-state index contributed by atoms with van der Waals surface area (Å²) >= 11 is 0. The van der Waals surface area contributed by atoms with E-state index in [2.05, 4.69) is 4.74 Å². The first kappa shape index (κ1) is 20.2. The van der Waals surface area contributed by atoms with E-state index in [1.807, 2.05) is 0 Å². The summed E-state index contributed by atoms with van der Waals surface area (Å²) in [5.74, 6) is -4.93. The maximum atomic E-state index is 13.1. The standard InChI is InChI=1S/C13H10F4O4.Li.H/c1-2-21-12(20)11(19)6-10(18)7-3-4-9(14)8(5-7)13(15,16)17;;/h3-6,18H,2H2,1H3;;/q;+1;-1. The molecule has 0 heterocycles. The topological polar surface area (TPSA) is 63.6 Å². The van der Waals surface area contributed by atoms with E-state index < -0.39 is 40.6 Å². The van der Waals surface area contributed by atoms with Crippen LogP contribution in [0.25, 0.3) is 5.76 Å². The number of carbonyl (C=O) groups excluding carboxylic acids is 2. The van der Waals surface area contributed by atoms with Crippen molar-refractivity contribution in [1.29, 1.82) is 0 Å². The third kappa shape index (κ3) is 5.20. The van der Waals surface area contributed by atoms with Gasteiger partial charge in [-0.15, -0.1) is 0 Å².